The number of nitrogens with zero attached hydrogens (tertiary/aromatic N) is 1. The maximum absolute atomic E-state index is 12.6. The summed E-state index contributed by atoms with van der Waals surface area (Å²) in [6.45, 7) is 6.14. The van der Waals surface area contributed by atoms with Crippen molar-refractivity contribution >= 4 is 33.2 Å². The van der Waals surface area contributed by atoms with Crippen LogP contribution in [-0.2, 0) is 48.2 Å². The molecule has 37 heavy (non-hydrogen) atoms. The number of esters is 1. The second-order valence-electron chi connectivity index (χ2n) is 10.2. The zero-order valence-corrected chi connectivity index (χ0v) is 22.9. The lowest BCUT2D eigenvalue weighted by Crippen LogP contribution is -2.31. The molecular weight excluding hydrogens is 494 g/mol. The number of ketones is 1. The van der Waals surface area contributed by atoms with E-state index in [-0.39, 0.29) is 29.3 Å². The Labute approximate surface area is 218 Å². The second-order valence-corrected chi connectivity index (χ2v) is 12.4. The molecule has 1 amide bonds. The van der Waals surface area contributed by atoms with Crippen molar-refractivity contribution < 1.29 is 32.3 Å². The Morgan fingerprint density at radius 3 is 2.27 bits per heavy atom. The lowest BCUT2D eigenvalue weighted by Gasteiger charge is -2.28. The van der Waals surface area contributed by atoms with Crippen molar-refractivity contribution in [2.75, 3.05) is 25.4 Å². The van der Waals surface area contributed by atoms with Crippen molar-refractivity contribution in [3.05, 3.63) is 70.4 Å². The Kier molecular flexibility index (Phi) is 8.27. The number of aryl methyl sites for hydroxylation is 2. The van der Waals surface area contributed by atoms with E-state index in [0.717, 1.165) is 17.4 Å². The van der Waals surface area contributed by atoms with Gasteiger partial charge in [0.05, 0.1) is 32.0 Å². The number of ether oxygens (including phenoxy) is 2. The van der Waals surface area contributed by atoms with Crippen LogP contribution in [0.2, 0.25) is 0 Å². The lowest BCUT2D eigenvalue weighted by atomic mass is 9.83. The first kappa shape index (κ1) is 28.1. The van der Waals surface area contributed by atoms with E-state index in [1.54, 1.807) is 25.3 Å². The molecule has 0 atom stereocenters. The van der Waals surface area contributed by atoms with Gasteiger partial charge in [-0.1, -0.05) is 32.9 Å². The van der Waals surface area contributed by atoms with E-state index in [0.29, 0.717) is 41.0 Å². The monoisotopic (exact) mass is 527 g/mol. The number of anilines is 1. The van der Waals surface area contributed by atoms with Crippen molar-refractivity contribution in [1.29, 1.82) is 0 Å². The standard InChI is InChI=1S/C28H33NO7S/c1-28(2,3)24-15-21(29-12-11-22(30)16-25(29)31)14-20(26(24)35-4)10-9-19-8-7-18(17-37(6,33)34)13-23(19)27(32)36-5/h7-8,11-15H,9-10,16-17H2,1-6H3. The van der Waals surface area contributed by atoms with Crippen LogP contribution in [0.15, 0.2) is 42.6 Å². The van der Waals surface area contributed by atoms with E-state index in [1.807, 2.05) is 32.9 Å². The molecule has 2 aromatic carbocycles. The fraction of sp³-hybridized carbons (Fsp3) is 0.393. The molecular formula is C28H33NO7S. The number of methoxy groups -OCH3 is 2. The maximum atomic E-state index is 12.6. The van der Waals surface area contributed by atoms with Gasteiger partial charge in [0, 0.05) is 23.7 Å². The zero-order valence-electron chi connectivity index (χ0n) is 22.1. The molecule has 198 valence electrons. The van der Waals surface area contributed by atoms with E-state index in [9.17, 15) is 22.8 Å². The highest BCUT2D eigenvalue weighted by molar-refractivity contribution is 7.89. The van der Waals surface area contributed by atoms with Crippen molar-refractivity contribution in [2.24, 2.45) is 0 Å². The SMILES string of the molecule is COC(=O)c1cc(CS(C)(=O)=O)ccc1CCc1cc(N2C=CC(=O)CC2=O)cc(C(C)(C)C)c1OC. The Hall–Kier alpha value is -3.46. The largest absolute Gasteiger partial charge is 0.496 e. The predicted molar refractivity (Wildman–Crippen MR) is 142 cm³/mol. The van der Waals surface area contributed by atoms with Crippen molar-refractivity contribution in [2.45, 2.75) is 51.2 Å². The molecule has 3 rings (SSSR count). The number of sulfone groups is 1. The van der Waals surface area contributed by atoms with E-state index >= 15 is 0 Å². The molecule has 0 radical (unpaired) electrons. The maximum Gasteiger partial charge on any atom is 0.338 e. The molecule has 0 fully saturated rings. The minimum absolute atomic E-state index is 0.179. The van der Waals surface area contributed by atoms with Gasteiger partial charge in [0.2, 0.25) is 5.91 Å². The van der Waals surface area contributed by atoms with Crippen LogP contribution in [0.5, 0.6) is 5.75 Å². The molecule has 8 nitrogen and oxygen atoms in total. The first-order valence-corrected chi connectivity index (χ1v) is 13.9. The molecule has 2 aromatic rings. The van der Waals surface area contributed by atoms with Gasteiger partial charge in [-0.2, -0.15) is 0 Å². The molecule has 0 spiro atoms. The van der Waals surface area contributed by atoms with Crippen molar-refractivity contribution in [3.63, 3.8) is 0 Å². The van der Waals surface area contributed by atoms with Crippen LogP contribution in [0.3, 0.4) is 0 Å². The van der Waals surface area contributed by atoms with Gasteiger partial charge in [0.25, 0.3) is 0 Å². The third-order valence-corrected chi connectivity index (χ3v) is 6.97. The molecule has 0 N–H and O–H groups in total. The summed E-state index contributed by atoms with van der Waals surface area (Å²) >= 11 is 0. The van der Waals surface area contributed by atoms with Crippen LogP contribution in [0.4, 0.5) is 5.69 Å². The third kappa shape index (κ3) is 6.85. The smallest absolute Gasteiger partial charge is 0.338 e. The molecule has 1 aliphatic heterocycles. The van der Waals surface area contributed by atoms with Crippen LogP contribution in [0.25, 0.3) is 0 Å². The molecule has 0 unspecified atom stereocenters. The average molecular weight is 528 g/mol. The Morgan fingerprint density at radius 1 is 1.03 bits per heavy atom. The van der Waals surface area contributed by atoms with Gasteiger partial charge < -0.3 is 9.47 Å². The molecule has 0 bridgehead atoms. The summed E-state index contributed by atoms with van der Waals surface area (Å²) in [5, 5.41) is 0. The van der Waals surface area contributed by atoms with Crippen LogP contribution >= 0.6 is 0 Å². The quantitative estimate of drug-likeness (QED) is 0.378. The summed E-state index contributed by atoms with van der Waals surface area (Å²) in [7, 11) is -0.395. The lowest BCUT2D eigenvalue weighted by molar-refractivity contribution is -0.124. The first-order chi connectivity index (χ1) is 17.2. The topological polar surface area (TPSA) is 107 Å². The Bertz CT molecular complexity index is 1370. The van der Waals surface area contributed by atoms with Gasteiger partial charge in [0.15, 0.2) is 15.6 Å². The Morgan fingerprint density at radius 2 is 1.70 bits per heavy atom. The van der Waals surface area contributed by atoms with Crippen LogP contribution in [0, 0.1) is 0 Å². The Balaban J connectivity index is 2.05. The van der Waals surface area contributed by atoms with Gasteiger partial charge >= 0.3 is 5.97 Å². The fourth-order valence-corrected chi connectivity index (χ4v) is 5.15. The van der Waals surface area contributed by atoms with Gasteiger partial charge in [-0.15, -0.1) is 0 Å². The number of hydrogen-bond acceptors (Lipinski definition) is 7. The van der Waals surface area contributed by atoms with Gasteiger partial charge in [-0.05, 0) is 59.2 Å². The molecule has 1 aliphatic rings. The van der Waals surface area contributed by atoms with Crippen LogP contribution in [0.1, 0.15) is 59.8 Å². The highest BCUT2D eigenvalue weighted by Gasteiger charge is 2.27. The first-order valence-electron chi connectivity index (χ1n) is 11.9. The summed E-state index contributed by atoms with van der Waals surface area (Å²) < 4.78 is 34.3. The van der Waals surface area contributed by atoms with E-state index < -0.39 is 15.8 Å². The highest BCUT2D eigenvalue weighted by atomic mass is 32.2. The number of rotatable bonds is 8. The van der Waals surface area contributed by atoms with Crippen molar-refractivity contribution in [3.8, 4) is 5.75 Å². The fourth-order valence-electron chi connectivity index (χ4n) is 4.36. The van der Waals surface area contributed by atoms with Crippen molar-refractivity contribution in [1.82, 2.24) is 0 Å². The minimum Gasteiger partial charge on any atom is -0.496 e. The minimum atomic E-state index is -3.27. The highest BCUT2D eigenvalue weighted by Crippen LogP contribution is 2.39. The molecule has 9 heteroatoms. The number of benzene rings is 2. The number of allylic oxidation sites excluding steroid dienone is 1. The van der Waals surface area contributed by atoms with Gasteiger partial charge in [0.1, 0.15) is 5.75 Å². The number of hydrogen-bond donors (Lipinski definition) is 0. The van der Waals surface area contributed by atoms with Crippen LogP contribution < -0.4 is 9.64 Å². The molecule has 0 saturated carbocycles. The third-order valence-electron chi connectivity index (χ3n) is 6.12. The summed E-state index contributed by atoms with van der Waals surface area (Å²) in [5.74, 6) is -0.579. The number of amides is 1. The molecule has 0 aliphatic carbocycles. The summed E-state index contributed by atoms with van der Waals surface area (Å²) in [4.78, 5) is 38.3. The number of carbonyl (C=O) groups excluding carboxylic acids is 3. The number of carbonyl (C=O) groups is 3. The summed E-state index contributed by atoms with van der Waals surface area (Å²) in [5.41, 5.74) is 3.57. The molecule has 0 saturated heterocycles. The predicted octanol–water partition coefficient (Wildman–Crippen LogP) is 3.93. The van der Waals surface area contributed by atoms with E-state index in [1.165, 1.54) is 24.3 Å². The second kappa shape index (κ2) is 10.9. The van der Waals surface area contributed by atoms with Gasteiger partial charge in [-0.25, -0.2) is 13.2 Å². The summed E-state index contributed by atoms with van der Waals surface area (Å²) in [6, 6.07) is 8.77. The molecule has 0 aromatic heterocycles. The average Bonchev–Trinajstić information content (AvgIpc) is 2.80. The van der Waals surface area contributed by atoms with Crippen LogP contribution in [-0.4, -0.2) is 46.6 Å². The van der Waals surface area contributed by atoms with Gasteiger partial charge in [-0.3, -0.25) is 14.5 Å². The molecule has 1 heterocycles. The van der Waals surface area contributed by atoms with E-state index in [4.69, 9.17) is 9.47 Å². The summed E-state index contributed by atoms with van der Waals surface area (Å²) in [6.07, 6.45) is 4.74. The zero-order chi connectivity index (χ0) is 27.5. The normalized spacial score (nSPS) is 14.2. The van der Waals surface area contributed by atoms with E-state index in [2.05, 4.69) is 0 Å².